The summed E-state index contributed by atoms with van der Waals surface area (Å²) in [5.41, 5.74) is 0.323. The molecule has 5 atom stereocenters. The molecule has 2 saturated heterocycles. The van der Waals surface area contributed by atoms with Gasteiger partial charge in [0.2, 0.25) is 0 Å². The molecule has 5 nitrogen and oxygen atoms in total. The van der Waals surface area contributed by atoms with Crippen molar-refractivity contribution >= 4 is 0 Å². The van der Waals surface area contributed by atoms with Gasteiger partial charge in [-0.2, -0.15) is 4.39 Å². The normalized spacial score (nSPS) is 36.8. The molecule has 1 aromatic rings. The molecule has 0 saturated carbocycles. The van der Waals surface area contributed by atoms with E-state index in [0.717, 1.165) is 6.42 Å². The summed E-state index contributed by atoms with van der Waals surface area (Å²) in [6.07, 6.45) is 0.107. The van der Waals surface area contributed by atoms with Crippen molar-refractivity contribution in [2.45, 2.75) is 64.2 Å². The second-order valence-corrected chi connectivity index (χ2v) is 6.64. The number of hydrogen-bond donors (Lipinski definition) is 0. The standard InChI is InChI=1S/C16H22F2O5/c1-9(2)6-11-12(20-7-10-4-5-19-14(10)18)13-15(21-11)23-16(3,8-17)22-13/h4-5,9,11-13,15H,6-8H2,1-3H3/t11-,12+,13-,15-,16?/m1/s1. The molecular weight excluding hydrogens is 310 g/mol. The summed E-state index contributed by atoms with van der Waals surface area (Å²) >= 11 is 0. The largest absolute Gasteiger partial charge is 0.439 e. The molecule has 130 valence electrons. The molecule has 0 aliphatic carbocycles. The minimum atomic E-state index is -1.32. The van der Waals surface area contributed by atoms with Crippen molar-refractivity contribution in [2.75, 3.05) is 6.67 Å². The monoisotopic (exact) mass is 332 g/mol. The Bertz CT molecular complexity index is 534. The van der Waals surface area contributed by atoms with Gasteiger partial charge in [-0.1, -0.05) is 13.8 Å². The third kappa shape index (κ3) is 3.42. The van der Waals surface area contributed by atoms with Crippen LogP contribution in [-0.4, -0.2) is 37.1 Å². The summed E-state index contributed by atoms with van der Waals surface area (Å²) < 4.78 is 54.0. The molecular formula is C16H22F2O5. The zero-order valence-corrected chi connectivity index (χ0v) is 13.5. The van der Waals surface area contributed by atoms with Crippen LogP contribution in [0.25, 0.3) is 0 Å². The predicted molar refractivity (Wildman–Crippen MR) is 75.7 cm³/mol. The number of ether oxygens (including phenoxy) is 4. The number of hydrogen-bond acceptors (Lipinski definition) is 5. The van der Waals surface area contributed by atoms with Crippen LogP contribution in [0.3, 0.4) is 0 Å². The fourth-order valence-corrected chi connectivity index (χ4v) is 3.00. The van der Waals surface area contributed by atoms with E-state index in [2.05, 4.69) is 18.3 Å². The van der Waals surface area contributed by atoms with E-state index in [-0.39, 0.29) is 12.7 Å². The molecule has 2 aliphatic rings. The van der Waals surface area contributed by atoms with E-state index in [0.29, 0.717) is 11.5 Å². The van der Waals surface area contributed by atoms with Gasteiger partial charge < -0.3 is 23.4 Å². The lowest BCUT2D eigenvalue weighted by molar-refractivity contribution is -0.235. The topological polar surface area (TPSA) is 50.1 Å². The number of furan rings is 1. The Morgan fingerprint density at radius 1 is 1.35 bits per heavy atom. The highest BCUT2D eigenvalue weighted by Gasteiger charge is 2.56. The highest BCUT2D eigenvalue weighted by Crippen LogP contribution is 2.41. The molecule has 7 heteroatoms. The molecule has 23 heavy (non-hydrogen) atoms. The van der Waals surface area contributed by atoms with Crippen molar-refractivity contribution in [1.29, 1.82) is 0 Å². The first-order valence-electron chi connectivity index (χ1n) is 7.82. The van der Waals surface area contributed by atoms with Crippen molar-refractivity contribution in [3.05, 3.63) is 23.9 Å². The van der Waals surface area contributed by atoms with Crippen molar-refractivity contribution in [2.24, 2.45) is 5.92 Å². The Morgan fingerprint density at radius 3 is 2.74 bits per heavy atom. The van der Waals surface area contributed by atoms with Crippen LogP contribution in [-0.2, 0) is 25.6 Å². The van der Waals surface area contributed by atoms with Gasteiger partial charge in [0.15, 0.2) is 12.1 Å². The van der Waals surface area contributed by atoms with E-state index in [4.69, 9.17) is 18.9 Å². The van der Waals surface area contributed by atoms with Gasteiger partial charge in [-0.15, -0.1) is 0 Å². The molecule has 0 N–H and O–H groups in total. The third-order valence-corrected chi connectivity index (χ3v) is 4.09. The number of fused-ring (bicyclic) bond motifs is 1. The molecule has 0 spiro atoms. The SMILES string of the molecule is CC(C)C[C@H]1O[C@@H]2OC(C)(CF)O[C@@H]2[C@H]1OCc1ccoc1F. The second-order valence-electron chi connectivity index (χ2n) is 6.64. The van der Waals surface area contributed by atoms with Gasteiger partial charge in [0.25, 0.3) is 6.01 Å². The summed E-state index contributed by atoms with van der Waals surface area (Å²) in [7, 11) is 0. The Balaban J connectivity index is 1.70. The fraction of sp³-hybridized carbons (Fsp3) is 0.750. The van der Waals surface area contributed by atoms with E-state index in [1.165, 1.54) is 19.3 Å². The van der Waals surface area contributed by atoms with Gasteiger partial charge in [0.1, 0.15) is 18.9 Å². The zero-order chi connectivity index (χ0) is 16.6. The van der Waals surface area contributed by atoms with E-state index in [1.54, 1.807) is 0 Å². The average molecular weight is 332 g/mol. The molecule has 3 heterocycles. The lowest BCUT2D eigenvalue weighted by Crippen LogP contribution is -2.39. The van der Waals surface area contributed by atoms with Crippen LogP contribution < -0.4 is 0 Å². The fourth-order valence-electron chi connectivity index (χ4n) is 3.00. The maximum atomic E-state index is 13.4. The first-order valence-corrected chi connectivity index (χ1v) is 7.82. The second kappa shape index (κ2) is 6.47. The summed E-state index contributed by atoms with van der Waals surface area (Å²) in [5, 5.41) is 0. The molecule has 2 fully saturated rings. The van der Waals surface area contributed by atoms with Crippen LogP contribution in [0.1, 0.15) is 32.8 Å². The Hall–Kier alpha value is -1.02. The number of alkyl halides is 1. The Kier molecular flexibility index (Phi) is 4.73. The average Bonchev–Trinajstić information content (AvgIpc) is 3.11. The maximum absolute atomic E-state index is 13.4. The highest BCUT2D eigenvalue weighted by molar-refractivity contribution is 5.06. The van der Waals surface area contributed by atoms with Crippen molar-refractivity contribution < 1.29 is 32.1 Å². The zero-order valence-electron chi connectivity index (χ0n) is 13.5. The summed E-state index contributed by atoms with van der Waals surface area (Å²) in [4.78, 5) is 0. The predicted octanol–water partition coefficient (Wildman–Crippen LogP) is 3.18. The van der Waals surface area contributed by atoms with Crippen molar-refractivity contribution in [3.8, 4) is 0 Å². The van der Waals surface area contributed by atoms with E-state index >= 15 is 0 Å². The van der Waals surface area contributed by atoms with Gasteiger partial charge in [0, 0.05) is 0 Å². The maximum Gasteiger partial charge on any atom is 0.283 e. The van der Waals surface area contributed by atoms with E-state index in [9.17, 15) is 8.78 Å². The number of rotatable bonds is 6. The van der Waals surface area contributed by atoms with Crippen LogP contribution in [0.15, 0.2) is 16.7 Å². The smallest absolute Gasteiger partial charge is 0.283 e. The molecule has 0 amide bonds. The molecule has 0 radical (unpaired) electrons. The highest BCUT2D eigenvalue weighted by atomic mass is 19.1. The van der Waals surface area contributed by atoms with Gasteiger partial charge in [-0.05, 0) is 25.3 Å². The minimum absolute atomic E-state index is 0.0316. The first-order chi connectivity index (χ1) is 10.9. The summed E-state index contributed by atoms with van der Waals surface area (Å²) in [5.74, 6) is -0.941. The minimum Gasteiger partial charge on any atom is -0.439 e. The molecule has 1 unspecified atom stereocenters. The Labute approximate surface area is 133 Å². The lowest BCUT2D eigenvalue weighted by Gasteiger charge is -2.27. The molecule has 1 aromatic heterocycles. The summed E-state index contributed by atoms with van der Waals surface area (Å²) in [6, 6.07) is 0.843. The van der Waals surface area contributed by atoms with E-state index in [1.807, 2.05) is 0 Å². The van der Waals surface area contributed by atoms with Crippen LogP contribution in [0, 0.1) is 11.9 Å². The molecule has 0 bridgehead atoms. The Morgan fingerprint density at radius 2 is 2.13 bits per heavy atom. The van der Waals surface area contributed by atoms with Gasteiger partial charge in [0.05, 0.1) is 24.5 Å². The summed E-state index contributed by atoms with van der Waals surface area (Å²) in [6.45, 7) is 4.92. The van der Waals surface area contributed by atoms with Crippen LogP contribution >= 0.6 is 0 Å². The van der Waals surface area contributed by atoms with Gasteiger partial charge in [-0.25, -0.2) is 4.39 Å². The van der Waals surface area contributed by atoms with Crippen LogP contribution in [0.4, 0.5) is 8.78 Å². The molecule has 0 aromatic carbocycles. The van der Waals surface area contributed by atoms with Crippen LogP contribution in [0.5, 0.6) is 0 Å². The first kappa shape index (κ1) is 16.8. The van der Waals surface area contributed by atoms with Gasteiger partial charge in [-0.3, -0.25) is 0 Å². The van der Waals surface area contributed by atoms with Gasteiger partial charge >= 0.3 is 0 Å². The van der Waals surface area contributed by atoms with E-state index < -0.39 is 37.0 Å². The molecule has 2 aliphatic heterocycles. The molecule has 3 rings (SSSR count). The quantitative estimate of drug-likeness (QED) is 0.801. The lowest BCUT2D eigenvalue weighted by atomic mass is 10.0. The van der Waals surface area contributed by atoms with Crippen LogP contribution in [0.2, 0.25) is 0 Å². The van der Waals surface area contributed by atoms with Crippen molar-refractivity contribution in [3.63, 3.8) is 0 Å². The number of halogens is 2. The van der Waals surface area contributed by atoms with Crippen molar-refractivity contribution in [1.82, 2.24) is 0 Å². The third-order valence-electron chi connectivity index (χ3n) is 4.09.